The van der Waals surface area contributed by atoms with Crippen LogP contribution in [0, 0.1) is 0 Å². The van der Waals surface area contributed by atoms with Crippen molar-refractivity contribution in [3.63, 3.8) is 0 Å². The number of phenolic OH excluding ortho intramolecular Hbond substituents is 1. The Kier molecular flexibility index (Phi) is 3.60. The fourth-order valence-corrected chi connectivity index (χ4v) is 3.62. The molecule has 0 saturated carbocycles. The molecule has 2 aromatic carbocycles. The van der Waals surface area contributed by atoms with Crippen LogP contribution in [-0.2, 0) is 13.0 Å². The number of aromatic nitrogens is 2. The Morgan fingerprint density at radius 3 is 2.79 bits per heavy atom. The van der Waals surface area contributed by atoms with Crippen LogP contribution in [-0.4, -0.2) is 21.6 Å². The first-order valence-electron chi connectivity index (χ1n) is 8.43. The number of phenols is 1. The van der Waals surface area contributed by atoms with Gasteiger partial charge in [0.2, 0.25) is 0 Å². The van der Waals surface area contributed by atoms with E-state index in [0.29, 0.717) is 11.7 Å². The second-order valence-corrected chi connectivity index (χ2v) is 6.70. The van der Waals surface area contributed by atoms with Crippen molar-refractivity contribution in [3.8, 4) is 5.75 Å². The summed E-state index contributed by atoms with van der Waals surface area (Å²) in [6, 6.07) is 11.9. The zero-order chi connectivity index (χ0) is 16.7. The van der Waals surface area contributed by atoms with E-state index in [1.54, 1.807) is 6.33 Å². The molecule has 0 spiro atoms. The predicted molar refractivity (Wildman–Crippen MR) is 96.5 cm³/mol. The first kappa shape index (κ1) is 14.9. The van der Waals surface area contributed by atoms with Gasteiger partial charge in [-0.15, -0.1) is 0 Å². The van der Waals surface area contributed by atoms with Crippen molar-refractivity contribution < 1.29 is 5.11 Å². The van der Waals surface area contributed by atoms with Gasteiger partial charge in [-0.1, -0.05) is 38.1 Å². The van der Waals surface area contributed by atoms with Gasteiger partial charge in [-0.25, -0.2) is 9.97 Å². The Morgan fingerprint density at radius 2 is 1.96 bits per heavy atom. The van der Waals surface area contributed by atoms with Gasteiger partial charge < -0.3 is 10.0 Å². The van der Waals surface area contributed by atoms with Crippen LogP contribution in [0.3, 0.4) is 0 Å². The van der Waals surface area contributed by atoms with Crippen LogP contribution < -0.4 is 4.90 Å². The van der Waals surface area contributed by atoms with Crippen molar-refractivity contribution in [3.05, 3.63) is 59.7 Å². The molecule has 0 aliphatic carbocycles. The van der Waals surface area contributed by atoms with E-state index in [9.17, 15) is 5.11 Å². The highest BCUT2D eigenvalue weighted by Gasteiger charge is 2.23. The van der Waals surface area contributed by atoms with E-state index in [1.807, 2.05) is 30.3 Å². The summed E-state index contributed by atoms with van der Waals surface area (Å²) in [7, 11) is 0. The molecule has 4 nitrogen and oxygen atoms in total. The zero-order valence-electron chi connectivity index (χ0n) is 14.0. The van der Waals surface area contributed by atoms with Gasteiger partial charge in [0.25, 0.3) is 0 Å². The number of aromatic hydroxyl groups is 1. The van der Waals surface area contributed by atoms with E-state index in [1.165, 1.54) is 11.3 Å². The van der Waals surface area contributed by atoms with E-state index in [-0.39, 0.29) is 0 Å². The fraction of sp³-hybridized carbons (Fsp3) is 0.300. The number of rotatable bonds is 2. The second-order valence-electron chi connectivity index (χ2n) is 6.70. The van der Waals surface area contributed by atoms with Crippen LogP contribution in [0.25, 0.3) is 10.8 Å². The third kappa shape index (κ3) is 2.48. The smallest absolute Gasteiger partial charge is 0.118 e. The van der Waals surface area contributed by atoms with Crippen molar-refractivity contribution >= 4 is 16.5 Å². The zero-order valence-corrected chi connectivity index (χ0v) is 14.0. The summed E-state index contributed by atoms with van der Waals surface area (Å²) in [5.41, 5.74) is 4.64. The van der Waals surface area contributed by atoms with Gasteiger partial charge in [0.15, 0.2) is 0 Å². The molecule has 2 heterocycles. The summed E-state index contributed by atoms with van der Waals surface area (Å²) >= 11 is 0. The van der Waals surface area contributed by atoms with E-state index in [2.05, 4.69) is 34.8 Å². The normalized spacial score (nSPS) is 14.2. The van der Waals surface area contributed by atoms with Crippen LogP contribution >= 0.6 is 0 Å². The average Bonchev–Trinajstić information content (AvgIpc) is 2.59. The summed E-state index contributed by atoms with van der Waals surface area (Å²) in [6.07, 6.45) is 2.62. The van der Waals surface area contributed by atoms with Crippen LogP contribution in [0.4, 0.5) is 5.69 Å². The van der Waals surface area contributed by atoms with Gasteiger partial charge in [-0.3, -0.25) is 0 Å². The highest BCUT2D eigenvalue weighted by molar-refractivity contribution is 5.95. The maximum atomic E-state index is 10.1. The Morgan fingerprint density at radius 1 is 1.12 bits per heavy atom. The first-order valence-corrected chi connectivity index (χ1v) is 8.43. The van der Waals surface area contributed by atoms with E-state index in [0.717, 1.165) is 41.7 Å². The van der Waals surface area contributed by atoms with Crippen LogP contribution in [0.5, 0.6) is 5.75 Å². The molecule has 0 fully saturated rings. The van der Waals surface area contributed by atoms with E-state index in [4.69, 9.17) is 0 Å². The van der Waals surface area contributed by atoms with Gasteiger partial charge in [-0.2, -0.15) is 0 Å². The summed E-state index contributed by atoms with van der Waals surface area (Å²) in [5, 5.41) is 12.3. The van der Waals surface area contributed by atoms with E-state index >= 15 is 0 Å². The van der Waals surface area contributed by atoms with Gasteiger partial charge in [0.05, 0.1) is 12.2 Å². The minimum Gasteiger partial charge on any atom is -0.508 e. The Bertz CT molecular complexity index is 905. The topological polar surface area (TPSA) is 49.2 Å². The third-order valence-electron chi connectivity index (χ3n) is 4.75. The number of hydrogen-bond acceptors (Lipinski definition) is 4. The van der Waals surface area contributed by atoms with Gasteiger partial charge in [0.1, 0.15) is 12.1 Å². The monoisotopic (exact) mass is 319 g/mol. The Balaban J connectivity index is 1.77. The molecule has 0 radical (unpaired) electrons. The van der Waals surface area contributed by atoms with E-state index < -0.39 is 0 Å². The van der Waals surface area contributed by atoms with Crippen LogP contribution in [0.2, 0.25) is 0 Å². The molecule has 4 rings (SSSR count). The van der Waals surface area contributed by atoms with Gasteiger partial charge in [-0.05, 0) is 29.4 Å². The molecule has 1 N–H and O–H groups in total. The summed E-state index contributed by atoms with van der Waals surface area (Å²) in [4.78, 5) is 11.3. The molecule has 0 unspecified atom stereocenters. The molecule has 122 valence electrons. The number of fused-ring (bicyclic) bond motifs is 2. The summed E-state index contributed by atoms with van der Waals surface area (Å²) in [5.74, 6) is 0.718. The average molecular weight is 319 g/mol. The molecule has 4 heteroatoms. The number of nitrogens with zero attached hydrogens (tertiary/aromatic N) is 3. The number of anilines is 1. The van der Waals surface area contributed by atoms with Crippen molar-refractivity contribution in [1.29, 1.82) is 0 Å². The first-order chi connectivity index (χ1) is 11.6. The van der Waals surface area contributed by atoms with Crippen molar-refractivity contribution in [2.75, 3.05) is 11.4 Å². The van der Waals surface area contributed by atoms with Crippen LogP contribution in [0.1, 0.15) is 36.7 Å². The molecule has 0 saturated heterocycles. The third-order valence-corrected chi connectivity index (χ3v) is 4.75. The molecule has 24 heavy (non-hydrogen) atoms. The molecule has 0 bridgehead atoms. The lowest BCUT2D eigenvalue weighted by atomic mass is 9.96. The maximum Gasteiger partial charge on any atom is 0.118 e. The second kappa shape index (κ2) is 5.78. The summed E-state index contributed by atoms with van der Waals surface area (Å²) < 4.78 is 0. The summed E-state index contributed by atoms with van der Waals surface area (Å²) in [6.45, 7) is 6.02. The van der Waals surface area contributed by atoms with Gasteiger partial charge in [0, 0.05) is 29.4 Å². The molecule has 1 aromatic heterocycles. The minimum absolute atomic E-state index is 0.306. The molecule has 1 aliphatic rings. The molecule has 3 aromatic rings. The van der Waals surface area contributed by atoms with Crippen molar-refractivity contribution in [1.82, 2.24) is 9.97 Å². The van der Waals surface area contributed by atoms with Crippen LogP contribution in [0.15, 0.2) is 42.7 Å². The number of benzene rings is 2. The Hall–Kier alpha value is -2.62. The SMILES string of the molecule is CC(C)c1ncnc2c1CCN(c1cc(O)cc3ccccc13)C2. The van der Waals surface area contributed by atoms with Crippen molar-refractivity contribution in [2.45, 2.75) is 32.7 Å². The highest BCUT2D eigenvalue weighted by Crippen LogP contribution is 2.34. The molecule has 0 atom stereocenters. The Labute approximate surface area is 141 Å². The maximum absolute atomic E-state index is 10.1. The molecule has 0 amide bonds. The minimum atomic E-state index is 0.306. The lowest BCUT2D eigenvalue weighted by molar-refractivity contribution is 0.476. The van der Waals surface area contributed by atoms with Gasteiger partial charge >= 0.3 is 0 Å². The fourth-order valence-electron chi connectivity index (χ4n) is 3.62. The predicted octanol–water partition coefficient (Wildman–Crippen LogP) is 4.02. The molecular formula is C20H21N3O. The quantitative estimate of drug-likeness (QED) is 0.775. The van der Waals surface area contributed by atoms with Crippen molar-refractivity contribution in [2.24, 2.45) is 0 Å². The highest BCUT2D eigenvalue weighted by atomic mass is 16.3. The lowest BCUT2D eigenvalue weighted by Crippen LogP contribution is -2.32. The standard InChI is InChI=1S/C20H21N3O/c1-13(2)20-17-7-8-23(11-18(17)21-12-22-20)19-10-15(24)9-14-5-3-4-6-16(14)19/h3-6,9-10,12-13,24H,7-8,11H2,1-2H3. The lowest BCUT2D eigenvalue weighted by Gasteiger charge is -2.32. The largest absolute Gasteiger partial charge is 0.508 e. The molecule has 1 aliphatic heterocycles. The molecular weight excluding hydrogens is 298 g/mol. The number of hydrogen-bond donors (Lipinski definition) is 1.